The number of aromatic nitrogens is 2. The van der Waals surface area contributed by atoms with Gasteiger partial charge >= 0.3 is 6.03 Å². The molecule has 0 bridgehead atoms. The number of aryl methyl sites for hydroxylation is 1. The lowest BCUT2D eigenvalue weighted by Crippen LogP contribution is -2.47. The van der Waals surface area contributed by atoms with Crippen LogP contribution in [0.25, 0.3) is 10.9 Å². The van der Waals surface area contributed by atoms with E-state index in [2.05, 4.69) is 37.6 Å². The van der Waals surface area contributed by atoms with E-state index in [1.165, 1.54) is 0 Å². The third-order valence-electron chi connectivity index (χ3n) is 5.62. The molecule has 0 radical (unpaired) electrons. The maximum Gasteiger partial charge on any atom is 0.319 e. The number of nitrogens with one attached hydrogen (secondary N) is 3. The van der Waals surface area contributed by atoms with Crippen molar-refractivity contribution in [1.82, 2.24) is 25.1 Å². The Morgan fingerprint density at radius 3 is 2.65 bits per heavy atom. The number of anilines is 1. The number of hydrogen-bond donors (Lipinski definition) is 3. The number of nitrogens with zero attached hydrogens (tertiary/aromatic N) is 3. The van der Waals surface area contributed by atoms with E-state index in [1.807, 2.05) is 36.1 Å². The first-order valence-corrected chi connectivity index (χ1v) is 10.5. The monoisotopic (exact) mass is 420 g/mol. The Kier molecular flexibility index (Phi) is 6.18. The molecule has 1 aliphatic heterocycles. The van der Waals surface area contributed by atoms with Crippen molar-refractivity contribution in [3.05, 3.63) is 59.5 Å². The summed E-state index contributed by atoms with van der Waals surface area (Å²) in [4.78, 5) is 35.7. The van der Waals surface area contributed by atoms with Crippen LogP contribution in [0.4, 0.5) is 10.5 Å². The van der Waals surface area contributed by atoms with Gasteiger partial charge in [0.15, 0.2) is 0 Å². The number of amides is 3. The number of carbonyl (C=O) groups excluding carboxylic acids is 2. The molecule has 3 heterocycles. The van der Waals surface area contributed by atoms with Crippen molar-refractivity contribution in [2.24, 2.45) is 0 Å². The molecule has 3 N–H and O–H groups in total. The first-order chi connectivity index (χ1) is 15.0. The molecule has 1 aromatic carbocycles. The number of fused-ring (bicyclic) bond motifs is 1. The van der Waals surface area contributed by atoms with Crippen molar-refractivity contribution in [2.45, 2.75) is 26.9 Å². The van der Waals surface area contributed by atoms with Crippen molar-refractivity contribution in [1.29, 1.82) is 0 Å². The Hall–Kier alpha value is -3.39. The maximum atomic E-state index is 12.3. The van der Waals surface area contributed by atoms with Crippen LogP contribution in [0.1, 0.15) is 23.9 Å². The van der Waals surface area contributed by atoms with E-state index in [0.717, 1.165) is 60.6 Å². The molecule has 3 aromatic rings. The number of rotatable bonds is 5. The molecular weight excluding hydrogens is 392 g/mol. The van der Waals surface area contributed by atoms with Gasteiger partial charge in [0.05, 0.1) is 17.4 Å². The number of aromatic amines is 1. The summed E-state index contributed by atoms with van der Waals surface area (Å²) < 4.78 is 0. The van der Waals surface area contributed by atoms with Crippen molar-refractivity contribution >= 4 is 28.5 Å². The summed E-state index contributed by atoms with van der Waals surface area (Å²) >= 11 is 0. The van der Waals surface area contributed by atoms with Gasteiger partial charge < -0.3 is 20.5 Å². The fourth-order valence-electron chi connectivity index (χ4n) is 3.86. The average molecular weight is 421 g/mol. The molecular formula is C23H28N6O2. The van der Waals surface area contributed by atoms with E-state index in [0.29, 0.717) is 12.2 Å². The molecule has 0 spiro atoms. The minimum Gasteiger partial charge on any atom is -0.357 e. The quantitative estimate of drug-likeness (QED) is 0.592. The molecule has 0 saturated carbocycles. The van der Waals surface area contributed by atoms with Gasteiger partial charge in [-0.1, -0.05) is 18.2 Å². The topological polar surface area (TPSA) is 93.4 Å². The van der Waals surface area contributed by atoms with Crippen LogP contribution in [0, 0.1) is 6.92 Å². The maximum absolute atomic E-state index is 12.3. The van der Waals surface area contributed by atoms with Crippen molar-refractivity contribution in [3.8, 4) is 0 Å². The number of hydrogen-bond acceptors (Lipinski definition) is 4. The van der Waals surface area contributed by atoms with Gasteiger partial charge in [0.25, 0.3) is 0 Å². The van der Waals surface area contributed by atoms with E-state index in [4.69, 9.17) is 0 Å². The van der Waals surface area contributed by atoms with E-state index in [-0.39, 0.29) is 11.9 Å². The summed E-state index contributed by atoms with van der Waals surface area (Å²) in [6.07, 6.45) is 1.64. The Morgan fingerprint density at radius 1 is 1.13 bits per heavy atom. The summed E-state index contributed by atoms with van der Waals surface area (Å²) in [5.74, 6) is 0.144. The van der Waals surface area contributed by atoms with Crippen molar-refractivity contribution < 1.29 is 9.59 Å². The fourth-order valence-corrected chi connectivity index (χ4v) is 3.86. The SMILES string of the molecule is CC(=O)N1CCN(Cc2cc3cccc(CNC(=O)Nc4ccc(C)nc4)c3[nH]2)CC1. The van der Waals surface area contributed by atoms with Gasteiger partial charge in [-0.05, 0) is 30.7 Å². The van der Waals surface area contributed by atoms with Crippen molar-refractivity contribution in [3.63, 3.8) is 0 Å². The first kappa shape index (κ1) is 20.9. The van der Waals surface area contributed by atoms with E-state index < -0.39 is 0 Å². The number of piperazine rings is 1. The van der Waals surface area contributed by atoms with E-state index in [9.17, 15) is 9.59 Å². The molecule has 4 rings (SSSR count). The smallest absolute Gasteiger partial charge is 0.319 e. The molecule has 2 aromatic heterocycles. The van der Waals surface area contributed by atoms with Crippen LogP contribution in [-0.4, -0.2) is 57.9 Å². The van der Waals surface area contributed by atoms with Crippen LogP contribution >= 0.6 is 0 Å². The second-order valence-electron chi connectivity index (χ2n) is 7.95. The first-order valence-electron chi connectivity index (χ1n) is 10.5. The summed E-state index contributed by atoms with van der Waals surface area (Å²) in [6.45, 7) is 8.05. The molecule has 1 saturated heterocycles. The second-order valence-corrected chi connectivity index (χ2v) is 7.95. The highest BCUT2D eigenvalue weighted by molar-refractivity contribution is 5.89. The normalized spacial score (nSPS) is 14.6. The van der Waals surface area contributed by atoms with Gasteiger partial charge in [-0.3, -0.25) is 14.7 Å². The van der Waals surface area contributed by atoms with Gasteiger partial charge in [-0.2, -0.15) is 0 Å². The zero-order chi connectivity index (χ0) is 21.8. The zero-order valence-electron chi connectivity index (χ0n) is 17.9. The molecule has 8 nitrogen and oxygen atoms in total. The van der Waals surface area contributed by atoms with Crippen LogP contribution in [-0.2, 0) is 17.9 Å². The molecule has 8 heteroatoms. The Balaban J connectivity index is 1.37. The van der Waals surface area contributed by atoms with Crippen molar-refractivity contribution in [2.75, 3.05) is 31.5 Å². The second kappa shape index (κ2) is 9.18. The summed E-state index contributed by atoms with van der Waals surface area (Å²) in [7, 11) is 0. The summed E-state index contributed by atoms with van der Waals surface area (Å²) in [6, 6.07) is 11.7. The minimum atomic E-state index is -0.266. The van der Waals surface area contributed by atoms with Crippen LogP contribution in [0.5, 0.6) is 0 Å². The largest absolute Gasteiger partial charge is 0.357 e. The molecule has 1 aliphatic rings. The van der Waals surface area contributed by atoms with Crippen LogP contribution in [0.2, 0.25) is 0 Å². The Morgan fingerprint density at radius 2 is 1.94 bits per heavy atom. The number of benzene rings is 1. The lowest BCUT2D eigenvalue weighted by atomic mass is 10.1. The third kappa shape index (κ3) is 5.21. The number of urea groups is 1. The molecule has 3 amide bonds. The lowest BCUT2D eigenvalue weighted by Gasteiger charge is -2.33. The van der Waals surface area contributed by atoms with E-state index >= 15 is 0 Å². The van der Waals surface area contributed by atoms with Gasteiger partial charge in [0.2, 0.25) is 5.91 Å². The summed E-state index contributed by atoms with van der Waals surface area (Å²) in [5.41, 5.74) is 4.77. The summed E-state index contributed by atoms with van der Waals surface area (Å²) in [5, 5.41) is 6.84. The van der Waals surface area contributed by atoms with E-state index in [1.54, 1.807) is 13.1 Å². The molecule has 1 fully saturated rings. The molecule has 0 unspecified atom stereocenters. The number of H-pyrrole nitrogens is 1. The van der Waals surface area contributed by atoms with Crippen LogP contribution in [0.3, 0.4) is 0 Å². The highest BCUT2D eigenvalue weighted by Gasteiger charge is 2.19. The zero-order valence-corrected chi connectivity index (χ0v) is 17.9. The average Bonchev–Trinajstić information content (AvgIpc) is 3.17. The lowest BCUT2D eigenvalue weighted by molar-refractivity contribution is -0.130. The standard InChI is InChI=1S/C23H28N6O2/c1-16-6-7-20(14-24-16)27-23(31)25-13-19-5-3-4-18-12-21(26-22(18)19)15-28-8-10-29(11-9-28)17(2)30/h3-7,12,14,26H,8-11,13,15H2,1-2H3,(H2,25,27,31). The van der Waals surface area contributed by atoms with Gasteiger partial charge in [-0.15, -0.1) is 0 Å². The highest BCUT2D eigenvalue weighted by atomic mass is 16.2. The highest BCUT2D eigenvalue weighted by Crippen LogP contribution is 2.21. The molecule has 0 aliphatic carbocycles. The number of carbonyl (C=O) groups is 2. The van der Waals surface area contributed by atoms with Gasteiger partial charge in [-0.25, -0.2) is 4.79 Å². The minimum absolute atomic E-state index is 0.144. The Bertz CT molecular complexity index is 1070. The predicted molar refractivity (Wildman–Crippen MR) is 121 cm³/mol. The van der Waals surface area contributed by atoms with Gasteiger partial charge in [0.1, 0.15) is 0 Å². The Labute approximate surface area is 181 Å². The molecule has 31 heavy (non-hydrogen) atoms. The predicted octanol–water partition coefficient (Wildman–Crippen LogP) is 2.86. The fraction of sp³-hybridized carbons (Fsp3) is 0.348. The molecule has 0 atom stereocenters. The third-order valence-corrected chi connectivity index (χ3v) is 5.62. The number of pyridine rings is 1. The van der Waals surface area contributed by atoms with Crippen LogP contribution < -0.4 is 10.6 Å². The van der Waals surface area contributed by atoms with Gasteiger partial charge in [0, 0.05) is 63.0 Å². The molecule has 162 valence electrons. The van der Waals surface area contributed by atoms with Crippen LogP contribution in [0.15, 0.2) is 42.6 Å². The number of para-hydroxylation sites is 1.